The maximum Gasteiger partial charge on any atom is 0.329 e. The highest BCUT2D eigenvalue weighted by molar-refractivity contribution is 6.07. The van der Waals surface area contributed by atoms with Gasteiger partial charge in [-0.05, 0) is 25.7 Å². The molecule has 1 aromatic carbocycles. The molecule has 1 unspecified atom stereocenters. The molecule has 0 spiro atoms. The molecule has 5 heteroatoms. The standard InChI is InChI=1S/C16H21N3O2/c1-16(13-8-9-13)14(20)19(15(21)17-16)11-18(2)10-12-6-4-3-5-7-12/h3-7,13H,8-11H2,1-2H3,(H,17,21)/p+1/t16-/m1/s1. The van der Waals surface area contributed by atoms with Crippen LogP contribution in [0.15, 0.2) is 30.3 Å². The Kier molecular flexibility index (Phi) is 3.45. The monoisotopic (exact) mass is 288 g/mol. The number of imide groups is 1. The molecule has 0 bridgehead atoms. The zero-order chi connectivity index (χ0) is 15.0. The summed E-state index contributed by atoms with van der Waals surface area (Å²) < 4.78 is 0. The van der Waals surface area contributed by atoms with Crippen LogP contribution in [-0.4, -0.2) is 36.1 Å². The molecule has 1 heterocycles. The highest BCUT2D eigenvalue weighted by atomic mass is 16.2. The average Bonchev–Trinajstić information content (AvgIpc) is 3.26. The molecule has 1 aliphatic heterocycles. The predicted octanol–water partition coefficient (Wildman–Crippen LogP) is 0.379. The number of carbonyl (C=O) groups excluding carboxylic acids is 2. The summed E-state index contributed by atoms with van der Waals surface area (Å²) in [5.74, 6) is 0.246. The molecule has 5 nitrogen and oxygen atoms in total. The van der Waals surface area contributed by atoms with Gasteiger partial charge in [-0.15, -0.1) is 0 Å². The van der Waals surface area contributed by atoms with Gasteiger partial charge in [-0.3, -0.25) is 4.79 Å². The summed E-state index contributed by atoms with van der Waals surface area (Å²) in [4.78, 5) is 27.1. The first-order chi connectivity index (χ1) is 10.0. The van der Waals surface area contributed by atoms with Crippen molar-refractivity contribution in [1.29, 1.82) is 0 Å². The number of benzene rings is 1. The van der Waals surface area contributed by atoms with Crippen LogP contribution in [0.2, 0.25) is 0 Å². The van der Waals surface area contributed by atoms with Crippen molar-refractivity contribution in [3.63, 3.8) is 0 Å². The lowest BCUT2D eigenvalue weighted by atomic mass is 9.96. The number of nitrogens with zero attached hydrogens (tertiary/aromatic N) is 1. The lowest BCUT2D eigenvalue weighted by Gasteiger charge is -2.22. The largest absolute Gasteiger partial charge is 0.329 e. The van der Waals surface area contributed by atoms with Gasteiger partial charge in [0, 0.05) is 5.56 Å². The summed E-state index contributed by atoms with van der Waals surface area (Å²) in [6, 6.07) is 9.85. The molecular formula is C16H22N3O2+. The van der Waals surface area contributed by atoms with Gasteiger partial charge in [-0.25, -0.2) is 9.69 Å². The molecule has 2 N–H and O–H groups in total. The van der Waals surface area contributed by atoms with Crippen molar-refractivity contribution in [2.24, 2.45) is 5.92 Å². The van der Waals surface area contributed by atoms with E-state index >= 15 is 0 Å². The fraction of sp³-hybridized carbons (Fsp3) is 0.500. The number of amides is 3. The van der Waals surface area contributed by atoms with Gasteiger partial charge in [0.2, 0.25) is 0 Å². The van der Waals surface area contributed by atoms with E-state index in [1.165, 1.54) is 10.5 Å². The lowest BCUT2D eigenvalue weighted by Crippen LogP contribution is -3.09. The summed E-state index contributed by atoms with van der Waals surface area (Å²) in [6.45, 7) is 3.05. The number of carbonyl (C=O) groups is 2. The number of rotatable bonds is 5. The Morgan fingerprint density at radius 3 is 2.57 bits per heavy atom. The predicted molar refractivity (Wildman–Crippen MR) is 78.4 cm³/mol. The summed E-state index contributed by atoms with van der Waals surface area (Å²) in [7, 11) is 2.00. The van der Waals surface area contributed by atoms with Crippen molar-refractivity contribution in [1.82, 2.24) is 10.2 Å². The minimum Gasteiger partial charge on any atom is -0.323 e. The molecule has 1 aromatic rings. The molecule has 3 amide bonds. The Labute approximate surface area is 124 Å². The minimum atomic E-state index is -0.676. The van der Waals surface area contributed by atoms with Gasteiger partial charge in [0.1, 0.15) is 12.1 Å². The molecule has 1 aliphatic carbocycles. The van der Waals surface area contributed by atoms with Crippen LogP contribution in [0.3, 0.4) is 0 Å². The van der Waals surface area contributed by atoms with E-state index in [9.17, 15) is 9.59 Å². The van der Waals surface area contributed by atoms with E-state index in [4.69, 9.17) is 0 Å². The van der Waals surface area contributed by atoms with Crippen molar-refractivity contribution in [3.05, 3.63) is 35.9 Å². The van der Waals surface area contributed by atoms with E-state index in [2.05, 4.69) is 17.4 Å². The van der Waals surface area contributed by atoms with E-state index in [1.54, 1.807) is 0 Å². The van der Waals surface area contributed by atoms with Crippen molar-refractivity contribution >= 4 is 11.9 Å². The summed E-state index contributed by atoms with van der Waals surface area (Å²) in [5, 5.41) is 2.89. The highest BCUT2D eigenvalue weighted by Crippen LogP contribution is 2.42. The van der Waals surface area contributed by atoms with Gasteiger partial charge in [0.05, 0.1) is 7.05 Å². The van der Waals surface area contributed by atoms with Gasteiger partial charge in [0.15, 0.2) is 6.67 Å². The fourth-order valence-corrected chi connectivity index (χ4v) is 3.07. The smallest absolute Gasteiger partial charge is 0.323 e. The summed E-state index contributed by atoms with van der Waals surface area (Å²) >= 11 is 0. The minimum absolute atomic E-state index is 0.0672. The number of nitrogens with one attached hydrogen (secondary N) is 2. The number of urea groups is 1. The van der Waals surface area contributed by atoms with Gasteiger partial charge in [-0.1, -0.05) is 30.3 Å². The van der Waals surface area contributed by atoms with Crippen LogP contribution in [0, 0.1) is 5.92 Å². The molecule has 2 atom stereocenters. The van der Waals surface area contributed by atoms with Crippen LogP contribution in [0.25, 0.3) is 0 Å². The molecular weight excluding hydrogens is 266 g/mol. The third-order valence-corrected chi connectivity index (χ3v) is 4.47. The SMILES string of the molecule is C[NH+](Cc1ccccc1)CN1C(=O)N[C@](C)(C2CC2)C1=O. The number of hydrogen-bond donors (Lipinski definition) is 2. The molecule has 2 aliphatic rings. The Hall–Kier alpha value is -1.88. The number of quaternary nitrogens is 1. The quantitative estimate of drug-likeness (QED) is 0.770. The van der Waals surface area contributed by atoms with Crippen LogP contribution in [0.5, 0.6) is 0 Å². The maximum absolute atomic E-state index is 12.5. The van der Waals surface area contributed by atoms with Crippen molar-refractivity contribution in [2.45, 2.75) is 31.8 Å². The van der Waals surface area contributed by atoms with Crippen molar-refractivity contribution in [3.8, 4) is 0 Å². The van der Waals surface area contributed by atoms with E-state index in [0.29, 0.717) is 12.6 Å². The fourth-order valence-electron chi connectivity index (χ4n) is 3.07. The maximum atomic E-state index is 12.5. The van der Waals surface area contributed by atoms with Gasteiger partial charge < -0.3 is 10.2 Å². The van der Waals surface area contributed by atoms with E-state index in [0.717, 1.165) is 24.3 Å². The van der Waals surface area contributed by atoms with E-state index in [-0.39, 0.29) is 11.9 Å². The summed E-state index contributed by atoms with van der Waals surface area (Å²) in [6.07, 6.45) is 2.06. The van der Waals surface area contributed by atoms with Crippen molar-refractivity contribution in [2.75, 3.05) is 13.7 Å². The van der Waals surface area contributed by atoms with E-state index in [1.807, 2.05) is 32.2 Å². The third-order valence-electron chi connectivity index (χ3n) is 4.47. The Morgan fingerprint density at radius 1 is 1.29 bits per heavy atom. The van der Waals surface area contributed by atoms with Crippen LogP contribution >= 0.6 is 0 Å². The first-order valence-electron chi connectivity index (χ1n) is 7.50. The van der Waals surface area contributed by atoms with Crippen LogP contribution < -0.4 is 10.2 Å². The van der Waals surface area contributed by atoms with E-state index < -0.39 is 5.54 Å². The number of hydrogen-bond acceptors (Lipinski definition) is 2. The van der Waals surface area contributed by atoms with Crippen LogP contribution in [0.4, 0.5) is 4.79 Å². The second kappa shape index (κ2) is 5.15. The molecule has 3 rings (SSSR count). The van der Waals surface area contributed by atoms with Crippen LogP contribution in [-0.2, 0) is 11.3 Å². The molecule has 1 saturated heterocycles. The molecule has 21 heavy (non-hydrogen) atoms. The second-order valence-corrected chi connectivity index (χ2v) is 6.42. The molecule has 0 radical (unpaired) electrons. The molecule has 0 aromatic heterocycles. The first-order valence-corrected chi connectivity index (χ1v) is 7.50. The topological polar surface area (TPSA) is 53.9 Å². The van der Waals surface area contributed by atoms with Gasteiger partial charge in [0.25, 0.3) is 5.91 Å². The van der Waals surface area contributed by atoms with Crippen LogP contribution in [0.1, 0.15) is 25.3 Å². The Balaban J connectivity index is 1.64. The zero-order valence-electron chi connectivity index (χ0n) is 12.6. The lowest BCUT2D eigenvalue weighted by molar-refractivity contribution is -0.901. The Bertz CT molecular complexity index is 556. The van der Waals surface area contributed by atoms with Gasteiger partial charge >= 0.3 is 6.03 Å². The molecule has 2 fully saturated rings. The molecule has 112 valence electrons. The Morgan fingerprint density at radius 2 is 1.95 bits per heavy atom. The zero-order valence-corrected chi connectivity index (χ0v) is 12.6. The normalized spacial score (nSPS) is 26.9. The molecule has 1 saturated carbocycles. The van der Waals surface area contributed by atoms with Crippen molar-refractivity contribution < 1.29 is 14.5 Å². The average molecular weight is 288 g/mol. The first kappa shape index (κ1) is 14.1. The highest BCUT2D eigenvalue weighted by Gasteiger charge is 2.56. The van der Waals surface area contributed by atoms with Gasteiger partial charge in [-0.2, -0.15) is 0 Å². The second-order valence-electron chi connectivity index (χ2n) is 6.42. The third kappa shape index (κ3) is 2.65. The summed E-state index contributed by atoms with van der Waals surface area (Å²) in [5.41, 5.74) is 0.524.